The molecule has 0 aromatic heterocycles. The number of anilines is 2. The summed E-state index contributed by atoms with van der Waals surface area (Å²) in [5, 5.41) is 13.7. The zero-order chi connectivity index (χ0) is 33.6. The van der Waals surface area contributed by atoms with Crippen LogP contribution in [-0.4, -0.2) is 44.8 Å². The largest absolute Gasteiger partial charge is 0.484 e. The number of piperidine rings is 2. The van der Waals surface area contributed by atoms with E-state index in [0.717, 1.165) is 43.1 Å². The first-order valence-electron chi connectivity index (χ1n) is 16.4. The second kappa shape index (κ2) is 18.5. The Morgan fingerprint density at radius 3 is 1.67 bits per heavy atom. The number of hydrogen-bond donors (Lipinski definition) is 4. The summed E-state index contributed by atoms with van der Waals surface area (Å²) in [6.07, 6.45) is 4.39. The van der Waals surface area contributed by atoms with Crippen molar-refractivity contribution in [2.24, 2.45) is 0 Å². The summed E-state index contributed by atoms with van der Waals surface area (Å²) in [4.78, 5) is 23.8. The maximum atomic E-state index is 12.0. The van der Waals surface area contributed by atoms with E-state index in [1.807, 2.05) is 36.4 Å². The average Bonchev–Trinajstić information content (AvgIpc) is 3.13. The summed E-state index contributed by atoms with van der Waals surface area (Å²) in [7, 11) is 0. The van der Waals surface area contributed by atoms with Gasteiger partial charge in [-0.3, -0.25) is 10.1 Å². The van der Waals surface area contributed by atoms with E-state index in [1.54, 1.807) is 36.4 Å². The number of carbonyl (C=O) groups excluding carboxylic acids is 2. The Bertz CT molecular complexity index is 1450. The first kappa shape index (κ1) is 35.2. The van der Waals surface area contributed by atoms with Gasteiger partial charge in [-0.05, 0) is 128 Å². The molecule has 4 N–H and O–H groups in total. The number of amides is 2. The molecular weight excluding hydrogens is 647 g/mol. The van der Waals surface area contributed by atoms with E-state index in [9.17, 15) is 9.59 Å². The number of rotatable bonds is 9. The van der Waals surface area contributed by atoms with E-state index in [0.29, 0.717) is 27.6 Å². The molecule has 4 aromatic carbocycles. The molecule has 2 aliphatic heterocycles. The van der Waals surface area contributed by atoms with Crippen LogP contribution >= 0.6 is 23.2 Å². The van der Waals surface area contributed by atoms with Gasteiger partial charge in [0.1, 0.15) is 12.4 Å². The summed E-state index contributed by atoms with van der Waals surface area (Å²) >= 11 is 11.6. The molecule has 10 heteroatoms. The van der Waals surface area contributed by atoms with Gasteiger partial charge in [0.25, 0.3) is 5.91 Å². The lowest BCUT2D eigenvalue weighted by molar-refractivity contribution is -0.118. The number of halogens is 2. The third-order valence-corrected chi connectivity index (χ3v) is 8.86. The molecule has 0 spiro atoms. The van der Waals surface area contributed by atoms with Gasteiger partial charge in [-0.2, -0.15) is 0 Å². The SMILES string of the molecule is O=C(COc1ccc(Cl)cc1)Nc1ccc([C@@H]2CCCNC2)cc1.O=C(Nc1ccc([C@@H]2CCCNC2)cc1)OCc1ccc(Cl)cc1. The molecule has 2 aliphatic rings. The quantitative estimate of drug-likeness (QED) is 0.141. The van der Waals surface area contributed by atoms with Crippen molar-refractivity contribution in [3.05, 3.63) is 124 Å². The van der Waals surface area contributed by atoms with Crippen molar-refractivity contribution in [1.29, 1.82) is 0 Å². The van der Waals surface area contributed by atoms with Gasteiger partial charge in [0.2, 0.25) is 0 Å². The van der Waals surface area contributed by atoms with E-state index >= 15 is 0 Å². The molecule has 48 heavy (non-hydrogen) atoms. The smallest absolute Gasteiger partial charge is 0.411 e. The van der Waals surface area contributed by atoms with Gasteiger partial charge < -0.3 is 25.4 Å². The highest BCUT2D eigenvalue weighted by Crippen LogP contribution is 2.26. The third kappa shape index (κ3) is 11.6. The molecule has 2 fully saturated rings. The molecular formula is C38H42Cl2N4O4. The summed E-state index contributed by atoms with van der Waals surface area (Å²) in [6, 6.07) is 30.2. The van der Waals surface area contributed by atoms with E-state index in [2.05, 4.69) is 45.5 Å². The highest BCUT2D eigenvalue weighted by molar-refractivity contribution is 6.30. The van der Waals surface area contributed by atoms with Crippen molar-refractivity contribution in [3.8, 4) is 5.75 Å². The minimum Gasteiger partial charge on any atom is -0.484 e. The monoisotopic (exact) mass is 688 g/mol. The van der Waals surface area contributed by atoms with Crippen LogP contribution in [0.5, 0.6) is 5.75 Å². The molecule has 0 bridgehead atoms. The van der Waals surface area contributed by atoms with Crippen LogP contribution in [0.2, 0.25) is 10.0 Å². The molecule has 2 amide bonds. The Balaban J connectivity index is 0.000000188. The van der Waals surface area contributed by atoms with Crippen molar-refractivity contribution in [3.63, 3.8) is 0 Å². The van der Waals surface area contributed by atoms with Crippen molar-refractivity contribution in [1.82, 2.24) is 10.6 Å². The van der Waals surface area contributed by atoms with Crippen LogP contribution in [-0.2, 0) is 16.1 Å². The van der Waals surface area contributed by atoms with Crippen molar-refractivity contribution >= 4 is 46.6 Å². The minimum absolute atomic E-state index is 0.0318. The predicted octanol–water partition coefficient (Wildman–Crippen LogP) is 8.38. The molecule has 2 heterocycles. The van der Waals surface area contributed by atoms with Crippen molar-refractivity contribution < 1.29 is 19.1 Å². The zero-order valence-electron chi connectivity index (χ0n) is 26.9. The molecule has 4 aromatic rings. The van der Waals surface area contributed by atoms with Crippen LogP contribution in [0.1, 0.15) is 54.2 Å². The van der Waals surface area contributed by atoms with E-state index in [4.69, 9.17) is 32.7 Å². The van der Waals surface area contributed by atoms with Gasteiger partial charge >= 0.3 is 6.09 Å². The second-order valence-corrected chi connectivity index (χ2v) is 12.8. The lowest BCUT2D eigenvalue weighted by Gasteiger charge is -2.23. The number of carbonyl (C=O) groups is 2. The lowest BCUT2D eigenvalue weighted by atomic mass is 9.92. The molecule has 6 rings (SSSR count). The maximum Gasteiger partial charge on any atom is 0.411 e. The van der Waals surface area contributed by atoms with Gasteiger partial charge in [-0.15, -0.1) is 0 Å². The topological polar surface area (TPSA) is 101 Å². The molecule has 252 valence electrons. The number of benzene rings is 4. The molecule has 0 radical (unpaired) electrons. The van der Waals surface area contributed by atoms with Crippen LogP contribution in [0.4, 0.5) is 16.2 Å². The summed E-state index contributed by atoms with van der Waals surface area (Å²) in [5.74, 6) is 1.56. The molecule has 0 unspecified atom stereocenters. The molecule has 2 atom stereocenters. The van der Waals surface area contributed by atoms with Gasteiger partial charge in [-0.25, -0.2) is 4.79 Å². The summed E-state index contributed by atoms with van der Waals surface area (Å²) < 4.78 is 10.7. The van der Waals surface area contributed by atoms with Crippen LogP contribution in [0.3, 0.4) is 0 Å². The number of ether oxygens (including phenoxy) is 2. The van der Waals surface area contributed by atoms with Crippen molar-refractivity contribution in [2.75, 3.05) is 43.4 Å². The Morgan fingerprint density at radius 2 is 1.17 bits per heavy atom. The van der Waals surface area contributed by atoms with Crippen LogP contribution in [0, 0.1) is 0 Å². The maximum absolute atomic E-state index is 12.0. The highest BCUT2D eigenvalue weighted by Gasteiger charge is 2.16. The molecule has 2 saturated heterocycles. The first-order valence-corrected chi connectivity index (χ1v) is 17.1. The fourth-order valence-electron chi connectivity index (χ4n) is 5.71. The fourth-order valence-corrected chi connectivity index (χ4v) is 5.96. The lowest BCUT2D eigenvalue weighted by Crippen LogP contribution is -2.28. The fraction of sp³-hybridized carbons (Fsp3) is 0.316. The first-order chi connectivity index (χ1) is 23.4. The van der Waals surface area contributed by atoms with Gasteiger partial charge in [0.15, 0.2) is 6.61 Å². The van der Waals surface area contributed by atoms with E-state index in [-0.39, 0.29) is 19.1 Å². The van der Waals surface area contributed by atoms with E-state index in [1.165, 1.54) is 36.8 Å². The minimum atomic E-state index is -0.461. The highest BCUT2D eigenvalue weighted by atomic mass is 35.5. The summed E-state index contributed by atoms with van der Waals surface area (Å²) in [5.41, 5.74) is 5.05. The van der Waals surface area contributed by atoms with Crippen LogP contribution in [0.15, 0.2) is 97.1 Å². The van der Waals surface area contributed by atoms with Gasteiger partial charge in [0.05, 0.1) is 0 Å². The Labute approximate surface area is 292 Å². The Morgan fingerprint density at radius 1 is 0.667 bits per heavy atom. The number of hydrogen-bond acceptors (Lipinski definition) is 6. The third-order valence-electron chi connectivity index (χ3n) is 8.35. The molecule has 0 aliphatic carbocycles. The zero-order valence-corrected chi connectivity index (χ0v) is 28.4. The molecule has 8 nitrogen and oxygen atoms in total. The van der Waals surface area contributed by atoms with Crippen LogP contribution < -0.4 is 26.0 Å². The Kier molecular flexibility index (Phi) is 13.5. The van der Waals surface area contributed by atoms with Gasteiger partial charge in [-0.1, -0.05) is 59.6 Å². The average molecular weight is 690 g/mol. The summed E-state index contributed by atoms with van der Waals surface area (Å²) in [6.45, 7) is 4.45. The number of nitrogens with one attached hydrogen (secondary N) is 4. The second-order valence-electron chi connectivity index (χ2n) is 11.9. The van der Waals surface area contributed by atoms with Crippen LogP contribution in [0.25, 0.3) is 0 Å². The normalized spacial score (nSPS) is 17.3. The van der Waals surface area contributed by atoms with E-state index < -0.39 is 6.09 Å². The van der Waals surface area contributed by atoms with Crippen molar-refractivity contribution in [2.45, 2.75) is 44.1 Å². The Hall–Kier alpha value is -4.08. The standard InChI is InChI=1S/2C19H21ClN2O2/c20-16-5-9-18(10-6-16)24-13-19(23)22-17-7-3-14(4-8-17)15-2-1-11-21-12-15;20-17-7-3-14(4-8-17)13-24-19(23)22-18-9-5-15(6-10-18)16-2-1-11-21-12-16/h3-10,15,21H,1-2,11-13H2,(H,22,23);3-10,16,21H,1-2,11-13H2,(H,22,23)/t15-;16-/m11/s1. The molecule has 0 saturated carbocycles. The predicted molar refractivity (Wildman–Crippen MR) is 193 cm³/mol. The van der Waals surface area contributed by atoms with Gasteiger partial charge in [0, 0.05) is 34.5 Å².